The van der Waals surface area contributed by atoms with Crippen molar-refractivity contribution in [1.82, 2.24) is 0 Å². The summed E-state index contributed by atoms with van der Waals surface area (Å²) in [7, 11) is 1.49. The molecule has 2 aromatic carbocycles. The van der Waals surface area contributed by atoms with Crippen LogP contribution >= 0.6 is 0 Å². The Morgan fingerprint density at radius 3 is 2.42 bits per heavy atom. The van der Waals surface area contributed by atoms with Gasteiger partial charge in [0.05, 0.1) is 30.4 Å². The molecule has 0 fully saturated rings. The topological polar surface area (TPSA) is 42.2 Å². The summed E-state index contributed by atoms with van der Waals surface area (Å²) in [6.07, 6.45) is -3.12. The number of ether oxygens (including phenoxy) is 2. The van der Waals surface area contributed by atoms with Crippen molar-refractivity contribution in [1.29, 1.82) is 5.26 Å². The van der Waals surface area contributed by atoms with Gasteiger partial charge in [-0.3, -0.25) is 0 Å². The van der Waals surface area contributed by atoms with E-state index in [-0.39, 0.29) is 17.2 Å². The lowest BCUT2D eigenvalue weighted by atomic mass is 10.0. The average Bonchev–Trinajstić information content (AvgIpc) is 2.59. The summed E-state index contributed by atoms with van der Waals surface area (Å²) in [5, 5.41) is 9.46. The van der Waals surface area contributed by atoms with E-state index in [1.807, 2.05) is 19.9 Å². The third-order valence-corrected chi connectivity index (χ3v) is 3.50. The Morgan fingerprint density at radius 2 is 1.85 bits per heavy atom. The van der Waals surface area contributed by atoms with E-state index in [0.29, 0.717) is 17.1 Å². The molecule has 6 heteroatoms. The molecule has 0 aliphatic heterocycles. The van der Waals surface area contributed by atoms with Crippen LogP contribution in [0.25, 0.3) is 11.6 Å². The molecular weight excluding hydrogens is 343 g/mol. The number of rotatable bonds is 5. The van der Waals surface area contributed by atoms with Gasteiger partial charge >= 0.3 is 6.18 Å². The second-order valence-corrected chi connectivity index (χ2v) is 5.79. The highest BCUT2D eigenvalue weighted by atomic mass is 19.4. The molecule has 0 saturated carbocycles. The molecule has 0 N–H and O–H groups in total. The Labute approximate surface area is 150 Å². The Kier molecular flexibility index (Phi) is 5.93. The number of halogens is 3. The van der Waals surface area contributed by atoms with Crippen LogP contribution in [0.5, 0.6) is 11.5 Å². The maximum atomic E-state index is 12.9. The summed E-state index contributed by atoms with van der Waals surface area (Å²) in [5.41, 5.74) is 0.0195. The van der Waals surface area contributed by atoms with Crippen molar-refractivity contribution in [2.75, 3.05) is 7.11 Å². The largest absolute Gasteiger partial charge is 0.493 e. The molecule has 2 aromatic rings. The molecule has 26 heavy (non-hydrogen) atoms. The summed E-state index contributed by atoms with van der Waals surface area (Å²) in [6.45, 7) is 3.69. The molecule has 0 bridgehead atoms. The Balaban J connectivity index is 2.56. The summed E-state index contributed by atoms with van der Waals surface area (Å²) >= 11 is 0. The molecule has 0 aromatic heterocycles. The number of benzene rings is 2. The van der Waals surface area contributed by atoms with Crippen LogP contribution < -0.4 is 9.47 Å². The predicted molar refractivity (Wildman–Crippen MR) is 93.7 cm³/mol. The maximum absolute atomic E-state index is 12.9. The Morgan fingerprint density at radius 1 is 1.15 bits per heavy atom. The number of para-hydroxylation sites is 1. The van der Waals surface area contributed by atoms with Crippen molar-refractivity contribution in [2.24, 2.45) is 0 Å². The van der Waals surface area contributed by atoms with Gasteiger partial charge in [0, 0.05) is 5.56 Å². The molecule has 0 heterocycles. The van der Waals surface area contributed by atoms with Gasteiger partial charge in [-0.15, -0.1) is 0 Å². The SMILES string of the molecule is COc1cccc(/C=C(/C#N)c2cccc(C(F)(F)F)c2)c1OC(C)C. The molecule has 0 radical (unpaired) electrons. The van der Waals surface area contributed by atoms with Crippen molar-refractivity contribution < 1.29 is 22.6 Å². The number of alkyl halides is 3. The Hall–Kier alpha value is -2.94. The summed E-state index contributed by atoms with van der Waals surface area (Å²) in [6, 6.07) is 11.8. The number of methoxy groups -OCH3 is 1. The van der Waals surface area contributed by atoms with E-state index in [1.54, 1.807) is 18.2 Å². The monoisotopic (exact) mass is 361 g/mol. The number of nitrogens with zero attached hydrogens (tertiary/aromatic N) is 1. The first-order valence-corrected chi connectivity index (χ1v) is 7.89. The molecular formula is C20H18F3NO2. The van der Waals surface area contributed by atoms with Crippen molar-refractivity contribution >= 4 is 11.6 Å². The van der Waals surface area contributed by atoms with Gasteiger partial charge in [-0.2, -0.15) is 18.4 Å². The molecule has 2 rings (SSSR count). The maximum Gasteiger partial charge on any atom is 0.416 e. The number of nitriles is 1. The smallest absolute Gasteiger partial charge is 0.416 e. The summed E-state index contributed by atoms with van der Waals surface area (Å²) < 4.78 is 49.8. The first kappa shape index (κ1) is 19.4. The van der Waals surface area contributed by atoms with Crippen LogP contribution in [0.4, 0.5) is 13.2 Å². The number of allylic oxidation sites excluding steroid dienone is 1. The van der Waals surface area contributed by atoms with Crippen LogP contribution in [0.15, 0.2) is 42.5 Å². The third kappa shape index (κ3) is 4.57. The van der Waals surface area contributed by atoms with Gasteiger partial charge in [-0.1, -0.05) is 24.3 Å². The van der Waals surface area contributed by atoms with E-state index < -0.39 is 11.7 Å². The van der Waals surface area contributed by atoms with E-state index >= 15 is 0 Å². The molecule has 0 aliphatic carbocycles. The van der Waals surface area contributed by atoms with E-state index in [2.05, 4.69) is 0 Å². The standard InChI is InChI=1S/C20H18F3NO2/c1-13(2)26-19-15(7-5-9-18(19)25-3)10-16(12-24)14-6-4-8-17(11-14)20(21,22)23/h4-11,13H,1-3H3/b16-10-. The second kappa shape index (κ2) is 7.96. The second-order valence-electron chi connectivity index (χ2n) is 5.79. The zero-order valence-electron chi connectivity index (χ0n) is 14.6. The van der Waals surface area contributed by atoms with Crippen molar-refractivity contribution in [3.8, 4) is 17.6 Å². The minimum Gasteiger partial charge on any atom is -0.493 e. The summed E-state index contributed by atoms with van der Waals surface area (Å²) in [4.78, 5) is 0. The van der Waals surface area contributed by atoms with Crippen LogP contribution in [0.2, 0.25) is 0 Å². The highest BCUT2D eigenvalue weighted by Crippen LogP contribution is 2.35. The van der Waals surface area contributed by atoms with Crippen LogP contribution in [0, 0.1) is 11.3 Å². The van der Waals surface area contributed by atoms with Gasteiger partial charge in [0.1, 0.15) is 0 Å². The van der Waals surface area contributed by atoms with E-state index in [4.69, 9.17) is 9.47 Å². The molecule has 136 valence electrons. The lowest BCUT2D eigenvalue weighted by molar-refractivity contribution is -0.137. The lowest BCUT2D eigenvalue weighted by Gasteiger charge is -2.16. The fourth-order valence-electron chi connectivity index (χ4n) is 2.37. The van der Waals surface area contributed by atoms with Gasteiger partial charge in [0.25, 0.3) is 0 Å². The lowest BCUT2D eigenvalue weighted by Crippen LogP contribution is -2.08. The van der Waals surface area contributed by atoms with Crippen molar-refractivity contribution in [2.45, 2.75) is 26.1 Å². The van der Waals surface area contributed by atoms with Crippen LogP contribution in [-0.4, -0.2) is 13.2 Å². The number of hydrogen-bond donors (Lipinski definition) is 0. The average molecular weight is 361 g/mol. The molecule has 0 saturated heterocycles. The normalized spacial score (nSPS) is 12.0. The van der Waals surface area contributed by atoms with E-state index in [1.165, 1.54) is 25.3 Å². The minimum atomic E-state index is -4.47. The third-order valence-electron chi connectivity index (χ3n) is 3.50. The van der Waals surface area contributed by atoms with Crippen LogP contribution in [-0.2, 0) is 6.18 Å². The highest BCUT2D eigenvalue weighted by Gasteiger charge is 2.30. The quantitative estimate of drug-likeness (QED) is 0.517. The van der Waals surface area contributed by atoms with Gasteiger partial charge in [-0.05, 0) is 43.7 Å². The first-order valence-electron chi connectivity index (χ1n) is 7.89. The molecule has 0 atom stereocenters. The van der Waals surface area contributed by atoms with Gasteiger partial charge in [0.2, 0.25) is 0 Å². The van der Waals surface area contributed by atoms with Gasteiger partial charge in [0.15, 0.2) is 11.5 Å². The first-order chi connectivity index (χ1) is 12.3. The van der Waals surface area contributed by atoms with E-state index in [0.717, 1.165) is 12.1 Å². The molecule has 0 amide bonds. The zero-order chi connectivity index (χ0) is 19.3. The van der Waals surface area contributed by atoms with Crippen LogP contribution in [0.1, 0.15) is 30.5 Å². The highest BCUT2D eigenvalue weighted by molar-refractivity contribution is 5.91. The van der Waals surface area contributed by atoms with Gasteiger partial charge < -0.3 is 9.47 Å². The van der Waals surface area contributed by atoms with E-state index in [9.17, 15) is 18.4 Å². The fourth-order valence-corrected chi connectivity index (χ4v) is 2.37. The van der Waals surface area contributed by atoms with Crippen molar-refractivity contribution in [3.63, 3.8) is 0 Å². The number of hydrogen-bond acceptors (Lipinski definition) is 3. The predicted octanol–water partition coefficient (Wildman–Crippen LogP) is 5.57. The van der Waals surface area contributed by atoms with Gasteiger partial charge in [-0.25, -0.2) is 0 Å². The molecule has 0 unspecified atom stereocenters. The molecule has 0 aliphatic rings. The molecule has 0 spiro atoms. The Bertz CT molecular complexity index is 849. The van der Waals surface area contributed by atoms with Crippen LogP contribution in [0.3, 0.4) is 0 Å². The van der Waals surface area contributed by atoms with Crippen molar-refractivity contribution in [3.05, 3.63) is 59.2 Å². The minimum absolute atomic E-state index is 0.0953. The fraction of sp³-hybridized carbons (Fsp3) is 0.250. The molecule has 3 nitrogen and oxygen atoms in total. The zero-order valence-corrected chi connectivity index (χ0v) is 14.6. The summed E-state index contributed by atoms with van der Waals surface area (Å²) in [5.74, 6) is 0.915.